The fourth-order valence-corrected chi connectivity index (χ4v) is 4.33. The maximum Gasteiger partial charge on any atom is 0.417 e. The van der Waals surface area contributed by atoms with Crippen molar-refractivity contribution in [2.24, 2.45) is 0 Å². The topological polar surface area (TPSA) is 77.0 Å². The van der Waals surface area contributed by atoms with Crippen LogP contribution in [0.5, 0.6) is 0 Å². The predicted octanol–water partition coefficient (Wildman–Crippen LogP) is 4.74. The number of amides is 1. The van der Waals surface area contributed by atoms with Crippen molar-refractivity contribution in [2.45, 2.75) is 65.1 Å². The molecule has 4 heterocycles. The molecule has 4 rings (SSSR count). The van der Waals surface area contributed by atoms with Crippen LogP contribution in [0.2, 0.25) is 0 Å². The number of piperidine rings is 1. The summed E-state index contributed by atoms with van der Waals surface area (Å²) >= 11 is 0. The van der Waals surface area contributed by atoms with Gasteiger partial charge in [-0.05, 0) is 38.7 Å². The summed E-state index contributed by atoms with van der Waals surface area (Å²) < 4.78 is 48.5. The second-order valence-electron chi connectivity index (χ2n) is 8.24. The van der Waals surface area contributed by atoms with E-state index in [2.05, 4.69) is 15.2 Å². The standard InChI is InChI=1S/C22H26F3N5O2/c1-4-8-30-12-16(13(3)27-30)21(31)29-9-6-7-14(11-29)19-18-17(22(23,24)25)10-15(5-2)26-20(18)32-28-19/h10,12,14H,4-9,11H2,1-3H3/t14-/m0/s1. The van der Waals surface area contributed by atoms with Gasteiger partial charge < -0.3 is 9.42 Å². The molecule has 1 aliphatic heterocycles. The summed E-state index contributed by atoms with van der Waals surface area (Å²) in [7, 11) is 0. The molecule has 7 nitrogen and oxygen atoms in total. The van der Waals surface area contributed by atoms with Crippen LogP contribution in [0, 0.1) is 6.92 Å². The summed E-state index contributed by atoms with van der Waals surface area (Å²) in [6, 6.07) is 1.07. The van der Waals surface area contributed by atoms with Crippen molar-refractivity contribution in [2.75, 3.05) is 13.1 Å². The summed E-state index contributed by atoms with van der Waals surface area (Å²) in [6.07, 6.45) is -0.281. The third-order valence-electron chi connectivity index (χ3n) is 5.92. The van der Waals surface area contributed by atoms with Gasteiger partial charge in [-0.3, -0.25) is 9.48 Å². The van der Waals surface area contributed by atoms with Gasteiger partial charge in [0.15, 0.2) is 0 Å². The van der Waals surface area contributed by atoms with Crippen LogP contribution < -0.4 is 0 Å². The van der Waals surface area contributed by atoms with Gasteiger partial charge in [-0.25, -0.2) is 4.98 Å². The monoisotopic (exact) mass is 449 g/mol. The highest BCUT2D eigenvalue weighted by atomic mass is 19.4. The van der Waals surface area contributed by atoms with Gasteiger partial charge in [0.2, 0.25) is 0 Å². The van der Waals surface area contributed by atoms with Crippen LogP contribution in [0.4, 0.5) is 13.2 Å². The largest absolute Gasteiger partial charge is 0.417 e. The molecule has 0 aromatic carbocycles. The number of carbonyl (C=O) groups excluding carboxylic acids is 1. The maximum absolute atomic E-state index is 13.8. The fraction of sp³-hybridized carbons (Fsp3) is 0.545. The van der Waals surface area contributed by atoms with Gasteiger partial charge in [0, 0.05) is 37.4 Å². The van der Waals surface area contributed by atoms with Crippen LogP contribution in [-0.4, -0.2) is 43.8 Å². The van der Waals surface area contributed by atoms with E-state index in [1.54, 1.807) is 29.6 Å². The lowest BCUT2D eigenvalue weighted by Crippen LogP contribution is -2.39. The Morgan fingerprint density at radius 3 is 2.78 bits per heavy atom. The van der Waals surface area contributed by atoms with Crippen LogP contribution >= 0.6 is 0 Å². The van der Waals surface area contributed by atoms with Crippen molar-refractivity contribution in [3.8, 4) is 0 Å². The minimum Gasteiger partial charge on any atom is -0.338 e. The second kappa shape index (κ2) is 8.55. The minimum absolute atomic E-state index is 0.0963. The Bertz CT molecular complexity index is 1130. The molecule has 0 unspecified atom stereocenters. The fourth-order valence-electron chi connectivity index (χ4n) is 4.33. The van der Waals surface area contributed by atoms with Gasteiger partial charge in [-0.15, -0.1) is 0 Å². The maximum atomic E-state index is 13.8. The highest BCUT2D eigenvalue weighted by molar-refractivity contribution is 5.95. The molecule has 1 saturated heterocycles. The number of aromatic nitrogens is 4. The average molecular weight is 449 g/mol. The van der Waals surface area contributed by atoms with Crippen molar-refractivity contribution >= 4 is 17.0 Å². The zero-order chi connectivity index (χ0) is 23.0. The minimum atomic E-state index is -4.56. The normalized spacial score (nSPS) is 17.3. The molecule has 0 radical (unpaired) electrons. The van der Waals surface area contributed by atoms with Crippen LogP contribution in [0.15, 0.2) is 16.8 Å². The number of likely N-dealkylation sites (tertiary alicyclic amines) is 1. The molecule has 1 aliphatic rings. The first-order chi connectivity index (χ1) is 15.2. The van der Waals surface area contributed by atoms with E-state index in [9.17, 15) is 18.0 Å². The van der Waals surface area contributed by atoms with Gasteiger partial charge in [0.1, 0.15) is 0 Å². The molecular formula is C22H26F3N5O2. The Balaban J connectivity index is 1.66. The second-order valence-corrected chi connectivity index (χ2v) is 8.24. The SMILES string of the molecule is CCCn1cc(C(=O)N2CCC[C@H](c3noc4nc(CC)cc(C(F)(F)F)c34)C2)c(C)n1. The predicted molar refractivity (Wildman–Crippen MR) is 111 cm³/mol. The number of alkyl halides is 3. The van der Waals surface area contributed by atoms with Crippen molar-refractivity contribution in [3.63, 3.8) is 0 Å². The number of hydrogen-bond acceptors (Lipinski definition) is 5. The first-order valence-electron chi connectivity index (χ1n) is 10.9. The molecule has 0 saturated carbocycles. The van der Waals surface area contributed by atoms with Gasteiger partial charge in [-0.1, -0.05) is 19.0 Å². The third kappa shape index (κ3) is 4.10. The van der Waals surface area contributed by atoms with E-state index in [4.69, 9.17) is 4.52 Å². The molecule has 32 heavy (non-hydrogen) atoms. The van der Waals surface area contributed by atoms with Crippen molar-refractivity contribution in [1.82, 2.24) is 24.8 Å². The number of aryl methyl sites for hydroxylation is 3. The quantitative estimate of drug-likeness (QED) is 0.562. The Kier molecular flexibility index (Phi) is 5.96. The number of hydrogen-bond donors (Lipinski definition) is 0. The molecule has 0 bridgehead atoms. The zero-order valence-electron chi connectivity index (χ0n) is 18.4. The molecule has 10 heteroatoms. The Hall–Kier alpha value is -2.91. The van der Waals surface area contributed by atoms with E-state index in [1.165, 1.54) is 0 Å². The van der Waals surface area contributed by atoms with Crippen LogP contribution in [0.1, 0.15) is 72.0 Å². The molecule has 1 fully saturated rings. The molecule has 1 atom stereocenters. The smallest absolute Gasteiger partial charge is 0.338 e. The number of halogens is 3. The highest BCUT2D eigenvalue weighted by Crippen LogP contribution is 2.40. The number of nitrogens with zero attached hydrogens (tertiary/aromatic N) is 5. The molecule has 0 N–H and O–H groups in total. The number of fused-ring (bicyclic) bond motifs is 1. The van der Waals surface area contributed by atoms with E-state index in [0.29, 0.717) is 49.3 Å². The van der Waals surface area contributed by atoms with Crippen molar-refractivity contribution in [3.05, 3.63) is 40.5 Å². The van der Waals surface area contributed by atoms with E-state index in [-0.39, 0.29) is 35.2 Å². The number of pyridine rings is 1. The Morgan fingerprint density at radius 2 is 2.09 bits per heavy atom. The van der Waals surface area contributed by atoms with E-state index >= 15 is 0 Å². The lowest BCUT2D eigenvalue weighted by atomic mass is 9.91. The molecule has 0 aliphatic carbocycles. The molecule has 3 aromatic heterocycles. The summed E-state index contributed by atoms with van der Waals surface area (Å²) in [5, 5.41) is 8.28. The molecule has 0 spiro atoms. The van der Waals surface area contributed by atoms with Crippen LogP contribution in [0.3, 0.4) is 0 Å². The lowest BCUT2D eigenvalue weighted by Gasteiger charge is -2.32. The first-order valence-corrected chi connectivity index (χ1v) is 10.9. The molecule has 1 amide bonds. The summed E-state index contributed by atoms with van der Waals surface area (Å²) in [5.41, 5.74) is 0.802. The van der Waals surface area contributed by atoms with E-state index in [0.717, 1.165) is 12.5 Å². The summed E-state index contributed by atoms with van der Waals surface area (Å²) in [4.78, 5) is 19.0. The first kappa shape index (κ1) is 22.3. The Morgan fingerprint density at radius 1 is 1.31 bits per heavy atom. The molecular weight excluding hydrogens is 423 g/mol. The molecule has 3 aromatic rings. The van der Waals surface area contributed by atoms with E-state index < -0.39 is 11.7 Å². The lowest BCUT2D eigenvalue weighted by molar-refractivity contribution is -0.136. The van der Waals surface area contributed by atoms with Crippen LogP contribution in [0.25, 0.3) is 11.1 Å². The summed E-state index contributed by atoms with van der Waals surface area (Å²) in [5.74, 6) is -0.528. The number of rotatable bonds is 5. The number of carbonyl (C=O) groups is 1. The average Bonchev–Trinajstić information content (AvgIpc) is 3.35. The Labute approximate surface area is 183 Å². The van der Waals surface area contributed by atoms with E-state index in [1.807, 2.05) is 6.92 Å². The van der Waals surface area contributed by atoms with Crippen molar-refractivity contribution < 1.29 is 22.5 Å². The van der Waals surface area contributed by atoms with Crippen LogP contribution in [-0.2, 0) is 19.1 Å². The van der Waals surface area contributed by atoms with Gasteiger partial charge >= 0.3 is 6.18 Å². The van der Waals surface area contributed by atoms with Gasteiger partial charge in [-0.2, -0.15) is 18.3 Å². The summed E-state index contributed by atoms with van der Waals surface area (Å²) in [6.45, 7) is 7.08. The molecule has 172 valence electrons. The zero-order valence-corrected chi connectivity index (χ0v) is 18.4. The van der Waals surface area contributed by atoms with Crippen molar-refractivity contribution in [1.29, 1.82) is 0 Å². The third-order valence-corrected chi connectivity index (χ3v) is 5.92. The van der Waals surface area contributed by atoms with Gasteiger partial charge in [0.25, 0.3) is 11.6 Å². The van der Waals surface area contributed by atoms with Gasteiger partial charge in [0.05, 0.1) is 27.9 Å². The highest BCUT2D eigenvalue weighted by Gasteiger charge is 2.38.